The third kappa shape index (κ3) is 4.30. The van der Waals surface area contributed by atoms with Crippen molar-refractivity contribution >= 4 is 23.2 Å². The quantitative estimate of drug-likeness (QED) is 0.697. The minimum Gasteiger partial charge on any atom is -0.441 e. The number of hydrazone groups is 1. The Morgan fingerprint density at radius 1 is 1.10 bits per heavy atom. The van der Waals surface area contributed by atoms with Gasteiger partial charge in [-0.15, -0.1) is 0 Å². The third-order valence-electron chi connectivity index (χ3n) is 4.94. The molecule has 1 aliphatic rings. The van der Waals surface area contributed by atoms with Gasteiger partial charge >= 0.3 is 0 Å². The summed E-state index contributed by atoms with van der Waals surface area (Å²) in [6.07, 6.45) is 0.571. The fraction of sp³-hybridized carbons (Fsp3) is 0.217. The normalized spacial score (nSPS) is 13.9. The average molecular weight is 402 g/mol. The van der Waals surface area contributed by atoms with Gasteiger partial charge in [0.25, 0.3) is 5.91 Å². The summed E-state index contributed by atoms with van der Waals surface area (Å²) in [7, 11) is 0. The number of anilines is 1. The number of aromatic nitrogens is 1. The lowest BCUT2D eigenvalue weighted by Crippen LogP contribution is -2.36. The zero-order valence-electron chi connectivity index (χ0n) is 16.9. The number of carbonyl (C=O) groups is 2. The van der Waals surface area contributed by atoms with Crippen LogP contribution in [-0.4, -0.2) is 27.5 Å². The van der Waals surface area contributed by atoms with Gasteiger partial charge in [0.15, 0.2) is 0 Å². The van der Waals surface area contributed by atoms with Crippen LogP contribution in [0.3, 0.4) is 0 Å². The van der Waals surface area contributed by atoms with E-state index in [2.05, 4.69) is 15.4 Å². The summed E-state index contributed by atoms with van der Waals surface area (Å²) in [6.45, 7) is 4.09. The highest BCUT2D eigenvalue weighted by molar-refractivity contribution is 6.43. The molecule has 0 saturated heterocycles. The number of oxazole rings is 1. The van der Waals surface area contributed by atoms with Gasteiger partial charge < -0.3 is 9.73 Å². The molecule has 0 saturated carbocycles. The highest BCUT2D eigenvalue weighted by Gasteiger charge is 2.24. The second-order valence-corrected chi connectivity index (χ2v) is 7.18. The van der Waals surface area contributed by atoms with E-state index < -0.39 is 0 Å². The molecule has 0 bridgehead atoms. The summed E-state index contributed by atoms with van der Waals surface area (Å²) in [5.74, 6) is 0.861. The molecular formula is C23H22N4O3. The average Bonchev–Trinajstić information content (AvgIpc) is 3.09. The van der Waals surface area contributed by atoms with Crippen molar-refractivity contribution in [3.8, 4) is 11.5 Å². The molecule has 1 aromatic heterocycles. The molecule has 3 aromatic rings. The first-order valence-electron chi connectivity index (χ1n) is 9.77. The highest BCUT2D eigenvalue weighted by Crippen LogP contribution is 2.24. The number of hydrogen-bond donors (Lipinski definition) is 1. The van der Waals surface area contributed by atoms with Crippen molar-refractivity contribution in [3.05, 3.63) is 71.6 Å². The Kier molecular flexibility index (Phi) is 5.43. The zero-order valence-corrected chi connectivity index (χ0v) is 16.9. The number of carbonyl (C=O) groups excluding carboxylic acids is 2. The monoisotopic (exact) mass is 402 g/mol. The number of amides is 2. The van der Waals surface area contributed by atoms with Gasteiger partial charge in [0, 0.05) is 24.1 Å². The molecule has 7 nitrogen and oxygen atoms in total. The summed E-state index contributed by atoms with van der Waals surface area (Å²) < 4.78 is 5.67. The number of nitrogens with zero attached hydrogens (tertiary/aromatic N) is 3. The van der Waals surface area contributed by atoms with Crippen LogP contribution in [0.4, 0.5) is 5.69 Å². The molecule has 0 spiro atoms. The Bertz CT molecular complexity index is 1100. The van der Waals surface area contributed by atoms with E-state index >= 15 is 0 Å². The summed E-state index contributed by atoms with van der Waals surface area (Å²) in [5, 5.41) is 8.54. The molecule has 0 fully saturated rings. The first kappa shape index (κ1) is 19.6. The molecule has 4 rings (SSSR count). The van der Waals surface area contributed by atoms with Gasteiger partial charge in [0.2, 0.25) is 11.8 Å². The maximum absolute atomic E-state index is 12.8. The molecule has 2 amide bonds. The van der Waals surface area contributed by atoms with E-state index in [-0.39, 0.29) is 18.2 Å². The number of nitrogens with one attached hydrogen (secondary N) is 1. The highest BCUT2D eigenvalue weighted by atomic mass is 16.4. The fourth-order valence-electron chi connectivity index (χ4n) is 3.17. The SMILES string of the molecule is Cc1nc(-c2cccc(NC(=O)C3=NN(Cc4ccccc4)C(=O)CC3)c2)oc1C. The molecule has 152 valence electrons. The molecule has 0 radical (unpaired) electrons. The van der Waals surface area contributed by atoms with Crippen molar-refractivity contribution in [2.75, 3.05) is 5.32 Å². The van der Waals surface area contributed by atoms with Crippen LogP contribution in [0.25, 0.3) is 11.5 Å². The molecule has 2 aromatic carbocycles. The number of rotatable bonds is 5. The van der Waals surface area contributed by atoms with Crippen molar-refractivity contribution in [1.29, 1.82) is 0 Å². The molecular weight excluding hydrogens is 380 g/mol. The molecule has 0 atom stereocenters. The Balaban J connectivity index is 1.50. The first-order chi connectivity index (χ1) is 14.5. The van der Waals surface area contributed by atoms with Crippen molar-refractivity contribution in [3.63, 3.8) is 0 Å². The molecule has 7 heteroatoms. The van der Waals surface area contributed by atoms with E-state index in [0.29, 0.717) is 30.3 Å². The Labute approximate surface area is 174 Å². The van der Waals surface area contributed by atoms with Gasteiger partial charge in [-0.3, -0.25) is 9.59 Å². The van der Waals surface area contributed by atoms with Gasteiger partial charge in [-0.05, 0) is 37.6 Å². The van der Waals surface area contributed by atoms with Crippen LogP contribution in [0.1, 0.15) is 29.9 Å². The van der Waals surface area contributed by atoms with Crippen LogP contribution in [0.2, 0.25) is 0 Å². The van der Waals surface area contributed by atoms with Crippen LogP contribution < -0.4 is 5.32 Å². The van der Waals surface area contributed by atoms with E-state index in [0.717, 1.165) is 22.6 Å². The summed E-state index contributed by atoms with van der Waals surface area (Å²) in [6, 6.07) is 16.9. The first-order valence-corrected chi connectivity index (χ1v) is 9.77. The number of hydrogen-bond acceptors (Lipinski definition) is 5. The fourth-order valence-corrected chi connectivity index (χ4v) is 3.17. The maximum atomic E-state index is 12.8. The third-order valence-corrected chi connectivity index (χ3v) is 4.94. The van der Waals surface area contributed by atoms with Gasteiger partial charge in [-0.25, -0.2) is 9.99 Å². The smallest absolute Gasteiger partial charge is 0.271 e. The summed E-state index contributed by atoms with van der Waals surface area (Å²) in [5.41, 5.74) is 3.51. The lowest BCUT2D eigenvalue weighted by Gasteiger charge is -2.23. The topological polar surface area (TPSA) is 87.8 Å². The van der Waals surface area contributed by atoms with E-state index in [9.17, 15) is 9.59 Å². The Morgan fingerprint density at radius 3 is 2.63 bits per heavy atom. The molecule has 1 N–H and O–H groups in total. The van der Waals surface area contributed by atoms with Crippen LogP contribution in [0, 0.1) is 13.8 Å². The molecule has 0 unspecified atom stereocenters. The lowest BCUT2D eigenvalue weighted by molar-refractivity contribution is -0.132. The van der Waals surface area contributed by atoms with Gasteiger partial charge in [0.1, 0.15) is 11.5 Å². The van der Waals surface area contributed by atoms with Crippen molar-refractivity contribution in [2.45, 2.75) is 33.2 Å². The van der Waals surface area contributed by atoms with E-state index in [1.54, 1.807) is 12.1 Å². The summed E-state index contributed by atoms with van der Waals surface area (Å²) in [4.78, 5) is 29.4. The van der Waals surface area contributed by atoms with Gasteiger partial charge in [0.05, 0.1) is 12.2 Å². The van der Waals surface area contributed by atoms with Crippen LogP contribution in [0.15, 0.2) is 64.1 Å². The largest absolute Gasteiger partial charge is 0.441 e. The Hall–Kier alpha value is -3.74. The van der Waals surface area contributed by atoms with Crippen LogP contribution in [-0.2, 0) is 16.1 Å². The maximum Gasteiger partial charge on any atom is 0.271 e. The minimum atomic E-state index is -0.322. The summed E-state index contributed by atoms with van der Waals surface area (Å²) >= 11 is 0. The Morgan fingerprint density at radius 2 is 1.90 bits per heavy atom. The number of benzene rings is 2. The molecule has 1 aliphatic heterocycles. The van der Waals surface area contributed by atoms with Crippen molar-refractivity contribution < 1.29 is 14.0 Å². The van der Waals surface area contributed by atoms with Gasteiger partial charge in [-0.2, -0.15) is 5.10 Å². The van der Waals surface area contributed by atoms with E-state index in [1.807, 2.05) is 56.3 Å². The van der Waals surface area contributed by atoms with Gasteiger partial charge in [-0.1, -0.05) is 36.4 Å². The molecule has 2 heterocycles. The van der Waals surface area contributed by atoms with Crippen molar-refractivity contribution in [2.24, 2.45) is 5.10 Å². The standard InChI is InChI=1S/C23H22N4O3/c1-15-16(2)30-23(24-15)18-9-6-10-19(13-18)25-22(29)20-11-12-21(28)27(26-20)14-17-7-4-3-5-8-17/h3-10,13H,11-12,14H2,1-2H3,(H,25,29). The lowest BCUT2D eigenvalue weighted by atomic mass is 10.1. The van der Waals surface area contributed by atoms with Crippen LogP contribution in [0.5, 0.6) is 0 Å². The minimum absolute atomic E-state index is 0.0907. The number of aryl methyl sites for hydroxylation is 2. The molecule has 0 aliphatic carbocycles. The predicted octanol–water partition coefficient (Wildman–Crippen LogP) is 4.08. The second kappa shape index (κ2) is 8.32. The zero-order chi connectivity index (χ0) is 21.1. The van der Waals surface area contributed by atoms with E-state index in [4.69, 9.17) is 4.42 Å². The van der Waals surface area contributed by atoms with Crippen molar-refractivity contribution in [1.82, 2.24) is 9.99 Å². The predicted molar refractivity (Wildman–Crippen MR) is 114 cm³/mol. The second-order valence-electron chi connectivity index (χ2n) is 7.18. The molecule has 30 heavy (non-hydrogen) atoms. The van der Waals surface area contributed by atoms with Crippen LogP contribution >= 0.6 is 0 Å². The van der Waals surface area contributed by atoms with E-state index in [1.165, 1.54) is 5.01 Å².